The Morgan fingerprint density at radius 2 is 1.91 bits per heavy atom. The number of carbonyl (C=O) groups excluding carboxylic acids is 1. The van der Waals surface area contributed by atoms with Gasteiger partial charge in [0.1, 0.15) is 23.1 Å². The van der Waals surface area contributed by atoms with E-state index in [0.29, 0.717) is 19.0 Å². The number of aromatic nitrogens is 4. The minimum Gasteiger partial charge on any atom is -0.444 e. The molecule has 1 atom stereocenters. The fourth-order valence-electron chi connectivity index (χ4n) is 4.20. The Hall–Kier alpha value is -2.88. The molecule has 2 aliphatic heterocycles. The Balaban J connectivity index is 1.48. The average molecular weight is 457 g/mol. The maximum absolute atomic E-state index is 12.4. The van der Waals surface area contributed by atoms with Gasteiger partial charge in [-0.1, -0.05) is 0 Å². The number of aryl methyl sites for hydroxylation is 1. The summed E-state index contributed by atoms with van der Waals surface area (Å²) in [6.07, 6.45) is 1.39. The van der Waals surface area contributed by atoms with E-state index in [1.807, 2.05) is 39.8 Å². The van der Waals surface area contributed by atoms with Crippen LogP contribution in [0.25, 0.3) is 0 Å². The average Bonchev–Trinajstić information content (AvgIpc) is 3.36. The molecule has 0 aromatic carbocycles. The van der Waals surface area contributed by atoms with E-state index in [1.165, 1.54) is 0 Å². The van der Waals surface area contributed by atoms with Gasteiger partial charge in [0.15, 0.2) is 5.82 Å². The SMILES string of the molecule is Cc1cc(Nc2cc(N3CCN(C)CC3)nc(CC3CCN(C(=O)OC(C)(C)C)C3)n2)n[nH]1. The number of carbonyl (C=O) groups is 1. The molecule has 4 rings (SSSR count). The maximum atomic E-state index is 12.4. The molecule has 10 heteroatoms. The van der Waals surface area contributed by atoms with Crippen molar-refractivity contribution in [3.8, 4) is 0 Å². The number of piperazine rings is 1. The first-order chi connectivity index (χ1) is 15.6. The number of likely N-dealkylation sites (N-methyl/N-ethyl adjacent to an activating group) is 1. The van der Waals surface area contributed by atoms with E-state index < -0.39 is 5.60 Å². The number of rotatable bonds is 5. The molecule has 2 aromatic rings. The zero-order valence-corrected chi connectivity index (χ0v) is 20.4. The van der Waals surface area contributed by atoms with Crippen molar-refractivity contribution in [3.63, 3.8) is 0 Å². The summed E-state index contributed by atoms with van der Waals surface area (Å²) < 4.78 is 5.54. The van der Waals surface area contributed by atoms with Crippen LogP contribution in [0.2, 0.25) is 0 Å². The largest absolute Gasteiger partial charge is 0.444 e. The van der Waals surface area contributed by atoms with Gasteiger partial charge < -0.3 is 24.8 Å². The molecule has 2 N–H and O–H groups in total. The molecule has 0 radical (unpaired) electrons. The Bertz CT molecular complexity index is 962. The molecular weight excluding hydrogens is 420 g/mol. The second-order valence-corrected chi connectivity index (χ2v) is 10.2. The number of nitrogens with one attached hydrogen (secondary N) is 2. The smallest absolute Gasteiger partial charge is 0.410 e. The number of hydrogen-bond donors (Lipinski definition) is 2. The highest BCUT2D eigenvalue weighted by Crippen LogP contribution is 2.25. The van der Waals surface area contributed by atoms with Gasteiger partial charge in [0.2, 0.25) is 0 Å². The van der Waals surface area contributed by atoms with Crippen molar-refractivity contribution in [2.75, 3.05) is 56.5 Å². The second kappa shape index (κ2) is 9.54. The van der Waals surface area contributed by atoms with E-state index in [2.05, 4.69) is 32.4 Å². The molecule has 33 heavy (non-hydrogen) atoms. The Morgan fingerprint density at radius 1 is 1.15 bits per heavy atom. The van der Waals surface area contributed by atoms with Crippen LogP contribution >= 0.6 is 0 Å². The molecule has 0 aliphatic carbocycles. The molecule has 2 aliphatic rings. The third-order valence-corrected chi connectivity index (χ3v) is 5.96. The lowest BCUT2D eigenvalue weighted by atomic mass is 10.0. The van der Waals surface area contributed by atoms with Crippen LogP contribution in [0.3, 0.4) is 0 Å². The van der Waals surface area contributed by atoms with Crippen LogP contribution in [0.4, 0.5) is 22.2 Å². The molecule has 0 spiro atoms. The number of hydrogen-bond acceptors (Lipinski definition) is 8. The summed E-state index contributed by atoms with van der Waals surface area (Å²) in [4.78, 5) is 28.6. The zero-order valence-electron chi connectivity index (χ0n) is 20.4. The second-order valence-electron chi connectivity index (χ2n) is 10.2. The summed E-state index contributed by atoms with van der Waals surface area (Å²) in [6, 6.07) is 3.95. The van der Waals surface area contributed by atoms with E-state index in [4.69, 9.17) is 14.7 Å². The van der Waals surface area contributed by atoms with Gasteiger partial charge in [-0.15, -0.1) is 0 Å². The van der Waals surface area contributed by atoms with Crippen molar-refractivity contribution < 1.29 is 9.53 Å². The van der Waals surface area contributed by atoms with Crippen LogP contribution in [-0.2, 0) is 11.2 Å². The molecule has 2 aromatic heterocycles. The lowest BCUT2D eigenvalue weighted by Crippen LogP contribution is -2.45. The van der Waals surface area contributed by atoms with Gasteiger partial charge in [0.25, 0.3) is 0 Å². The van der Waals surface area contributed by atoms with Gasteiger partial charge in [-0.3, -0.25) is 5.10 Å². The molecule has 1 unspecified atom stereocenters. The minimum absolute atomic E-state index is 0.242. The van der Waals surface area contributed by atoms with Crippen LogP contribution in [0.5, 0.6) is 0 Å². The van der Waals surface area contributed by atoms with E-state index in [1.54, 1.807) is 4.90 Å². The first-order valence-electron chi connectivity index (χ1n) is 11.7. The van der Waals surface area contributed by atoms with Crippen molar-refractivity contribution in [1.29, 1.82) is 0 Å². The van der Waals surface area contributed by atoms with Gasteiger partial charge in [-0.05, 0) is 47.1 Å². The predicted octanol–water partition coefficient (Wildman–Crippen LogP) is 2.80. The van der Waals surface area contributed by atoms with Crippen LogP contribution < -0.4 is 10.2 Å². The Morgan fingerprint density at radius 3 is 2.58 bits per heavy atom. The molecule has 10 nitrogen and oxygen atoms in total. The van der Waals surface area contributed by atoms with Crippen molar-refractivity contribution in [2.45, 2.75) is 46.1 Å². The Kier molecular flexibility index (Phi) is 6.73. The number of likely N-dealkylation sites (tertiary alicyclic amines) is 1. The van der Waals surface area contributed by atoms with Crippen LogP contribution in [-0.4, -0.2) is 88.0 Å². The van der Waals surface area contributed by atoms with Crippen molar-refractivity contribution in [1.82, 2.24) is 30.0 Å². The first kappa shape index (κ1) is 23.3. The van der Waals surface area contributed by atoms with E-state index in [0.717, 1.165) is 68.0 Å². The van der Waals surface area contributed by atoms with E-state index in [-0.39, 0.29) is 6.09 Å². The summed E-state index contributed by atoms with van der Waals surface area (Å²) in [6.45, 7) is 12.9. The van der Waals surface area contributed by atoms with Gasteiger partial charge >= 0.3 is 6.09 Å². The molecule has 2 saturated heterocycles. The maximum Gasteiger partial charge on any atom is 0.410 e. The number of nitrogens with zero attached hydrogens (tertiary/aromatic N) is 6. The third kappa shape index (κ3) is 6.34. The molecule has 1 amide bonds. The Labute approximate surface area is 195 Å². The van der Waals surface area contributed by atoms with Crippen molar-refractivity contribution in [2.24, 2.45) is 5.92 Å². The highest BCUT2D eigenvalue weighted by Gasteiger charge is 2.30. The summed E-state index contributed by atoms with van der Waals surface area (Å²) in [5, 5.41) is 10.6. The standard InChI is InChI=1S/C23H36N8O2/c1-16-12-20(28-27-16)25-19-14-21(30-10-8-29(5)9-11-30)26-18(24-19)13-17-6-7-31(15-17)22(32)33-23(2,3)4/h12,14,17H,6-11,13,15H2,1-5H3,(H2,24,25,26,27,28). The summed E-state index contributed by atoms with van der Waals surface area (Å²) in [7, 11) is 2.14. The normalized spacial score (nSPS) is 19.7. The number of H-pyrrole nitrogens is 1. The van der Waals surface area contributed by atoms with Gasteiger partial charge in [0, 0.05) is 63.5 Å². The quantitative estimate of drug-likeness (QED) is 0.708. The molecule has 0 saturated carbocycles. The molecule has 180 valence electrons. The molecule has 4 heterocycles. The summed E-state index contributed by atoms with van der Waals surface area (Å²) in [5.74, 6) is 3.50. The van der Waals surface area contributed by atoms with Gasteiger partial charge in [0.05, 0.1) is 0 Å². The summed E-state index contributed by atoms with van der Waals surface area (Å²) in [5.41, 5.74) is 0.500. The fraction of sp³-hybridized carbons (Fsp3) is 0.652. The molecular formula is C23H36N8O2. The highest BCUT2D eigenvalue weighted by molar-refractivity contribution is 5.68. The van der Waals surface area contributed by atoms with Gasteiger partial charge in [-0.2, -0.15) is 5.10 Å². The zero-order chi connectivity index (χ0) is 23.6. The number of ether oxygens (including phenoxy) is 1. The molecule has 2 fully saturated rings. The minimum atomic E-state index is -0.486. The highest BCUT2D eigenvalue weighted by atomic mass is 16.6. The number of anilines is 3. The van der Waals surface area contributed by atoms with Crippen LogP contribution in [0.1, 0.15) is 38.7 Å². The van der Waals surface area contributed by atoms with Crippen molar-refractivity contribution >= 4 is 23.5 Å². The van der Waals surface area contributed by atoms with E-state index in [9.17, 15) is 4.79 Å². The first-order valence-corrected chi connectivity index (χ1v) is 11.7. The number of amides is 1. The van der Waals surface area contributed by atoms with Crippen LogP contribution in [0, 0.1) is 12.8 Å². The third-order valence-electron chi connectivity index (χ3n) is 5.96. The van der Waals surface area contributed by atoms with Crippen LogP contribution in [0.15, 0.2) is 12.1 Å². The topological polar surface area (TPSA) is 103 Å². The molecule has 0 bridgehead atoms. The van der Waals surface area contributed by atoms with Gasteiger partial charge in [-0.25, -0.2) is 14.8 Å². The van der Waals surface area contributed by atoms with Crippen molar-refractivity contribution in [3.05, 3.63) is 23.7 Å². The predicted molar refractivity (Wildman–Crippen MR) is 128 cm³/mol. The fourth-order valence-corrected chi connectivity index (χ4v) is 4.20. The lowest BCUT2D eigenvalue weighted by molar-refractivity contribution is 0.0288. The summed E-state index contributed by atoms with van der Waals surface area (Å²) >= 11 is 0. The monoisotopic (exact) mass is 456 g/mol. The van der Waals surface area contributed by atoms with E-state index >= 15 is 0 Å². The lowest BCUT2D eigenvalue weighted by Gasteiger charge is -2.33. The number of aromatic amines is 1.